The first-order valence-electron chi connectivity index (χ1n) is 11.8. The van der Waals surface area contributed by atoms with Gasteiger partial charge in [0.2, 0.25) is 0 Å². The molecule has 0 unspecified atom stereocenters. The van der Waals surface area contributed by atoms with Gasteiger partial charge in [-0.3, -0.25) is 4.79 Å². The Morgan fingerprint density at radius 1 is 1.19 bits per heavy atom. The van der Waals surface area contributed by atoms with Crippen LogP contribution in [0.3, 0.4) is 0 Å². The minimum atomic E-state index is -0.0218. The minimum absolute atomic E-state index is 0.0218. The molecule has 1 amide bonds. The summed E-state index contributed by atoms with van der Waals surface area (Å²) in [6, 6.07) is 2.09. The lowest BCUT2D eigenvalue weighted by Gasteiger charge is -2.42. The van der Waals surface area contributed by atoms with Gasteiger partial charge in [0.15, 0.2) is 5.65 Å². The third-order valence-electron chi connectivity index (χ3n) is 6.88. The number of hydrogen-bond donors (Lipinski definition) is 1. The van der Waals surface area contributed by atoms with E-state index in [1.54, 1.807) is 0 Å². The average Bonchev–Trinajstić information content (AvgIpc) is 3.09. The number of carbonyl (C=O) groups is 1. The zero-order valence-electron chi connectivity index (χ0n) is 19.5. The number of ether oxygens (including phenoxy) is 1. The fourth-order valence-corrected chi connectivity index (χ4v) is 5.13. The summed E-state index contributed by atoms with van der Waals surface area (Å²) < 4.78 is 7.59. The number of aromatic nitrogens is 3. The van der Waals surface area contributed by atoms with Crippen LogP contribution in [0.5, 0.6) is 0 Å². The van der Waals surface area contributed by atoms with Crippen molar-refractivity contribution in [2.45, 2.75) is 65.8 Å². The number of nitrogens with zero attached hydrogens (tertiary/aromatic N) is 4. The van der Waals surface area contributed by atoms with Crippen LogP contribution >= 0.6 is 0 Å². The van der Waals surface area contributed by atoms with E-state index in [1.807, 2.05) is 24.6 Å². The van der Waals surface area contributed by atoms with Gasteiger partial charge in [-0.15, -0.1) is 0 Å². The second-order valence-corrected chi connectivity index (χ2v) is 9.77. The summed E-state index contributed by atoms with van der Waals surface area (Å²) in [6.07, 6.45) is 5.90. The van der Waals surface area contributed by atoms with E-state index >= 15 is 0 Å². The highest BCUT2D eigenvalue weighted by Gasteiger charge is 2.35. The Balaban J connectivity index is 1.56. The summed E-state index contributed by atoms with van der Waals surface area (Å²) in [7, 11) is 0. The molecule has 2 aliphatic heterocycles. The molecule has 7 heteroatoms. The van der Waals surface area contributed by atoms with E-state index in [2.05, 4.69) is 29.2 Å². The zero-order valence-corrected chi connectivity index (χ0v) is 19.5. The van der Waals surface area contributed by atoms with Crippen molar-refractivity contribution in [2.24, 2.45) is 5.41 Å². The molecule has 0 aromatic carbocycles. The van der Waals surface area contributed by atoms with Crippen molar-refractivity contribution in [1.82, 2.24) is 25.0 Å². The van der Waals surface area contributed by atoms with Crippen molar-refractivity contribution >= 4 is 16.9 Å². The number of piperidine rings is 1. The molecule has 31 heavy (non-hydrogen) atoms. The smallest absolute Gasteiger partial charge is 0.252 e. The third kappa shape index (κ3) is 4.77. The Bertz CT molecular complexity index is 924. The lowest BCUT2D eigenvalue weighted by molar-refractivity contribution is -0.00671. The average molecular weight is 428 g/mol. The second-order valence-electron chi connectivity index (χ2n) is 9.77. The highest BCUT2D eigenvalue weighted by molar-refractivity contribution is 6.06. The number of rotatable bonds is 6. The van der Waals surface area contributed by atoms with Crippen molar-refractivity contribution in [3.05, 3.63) is 23.0 Å². The Morgan fingerprint density at radius 3 is 2.58 bits per heavy atom. The van der Waals surface area contributed by atoms with E-state index in [9.17, 15) is 4.79 Å². The van der Waals surface area contributed by atoms with Crippen LogP contribution in [0.15, 0.2) is 6.07 Å². The fourth-order valence-electron chi connectivity index (χ4n) is 5.13. The molecule has 2 aromatic heterocycles. The van der Waals surface area contributed by atoms with Crippen molar-refractivity contribution in [2.75, 3.05) is 39.4 Å². The van der Waals surface area contributed by atoms with Crippen LogP contribution in [0.2, 0.25) is 0 Å². The predicted octanol–water partition coefficient (Wildman–Crippen LogP) is 3.64. The van der Waals surface area contributed by atoms with Crippen LogP contribution in [-0.2, 0) is 4.74 Å². The maximum atomic E-state index is 13.4. The number of nitrogens with one attached hydrogen (secondary N) is 1. The molecule has 0 aliphatic carbocycles. The molecule has 170 valence electrons. The number of aryl methyl sites for hydroxylation is 2. The van der Waals surface area contributed by atoms with Crippen molar-refractivity contribution in [3.63, 3.8) is 0 Å². The summed E-state index contributed by atoms with van der Waals surface area (Å²) in [5.41, 5.74) is 3.27. The second kappa shape index (κ2) is 9.25. The SMILES string of the molecule is Cc1cc(C(=O)NCC2(CN3CCCCC3)CCOCC2)c2c(C)nn(C(C)C)c2n1. The van der Waals surface area contributed by atoms with Gasteiger partial charge in [0, 0.05) is 43.5 Å². The number of fused-ring (bicyclic) bond motifs is 1. The maximum Gasteiger partial charge on any atom is 0.252 e. The summed E-state index contributed by atoms with van der Waals surface area (Å²) in [4.78, 5) is 20.7. The first-order valence-corrected chi connectivity index (χ1v) is 11.8. The quantitative estimate of drug-likeness (QED) is 0.762. The van der Waals surface area contributed by atoms with E-state index in [0.717, 1.165) is 55.0 Å². The molecule has 0 bridgehead atoms. The molecular weight excluding hydrogens is 390 g/mol. The number of likely N-dealkylation sites (tertiary alicyclic amines) is 1. The standard InChI is InChI=1S/C24H37N5O2/c1-17(2)29-22-21(19(4)27-29)20(14-18(3)26-22)23(30)25-15-24(8-12-31-13-9-24)16-28-10-6-5-7-11-28/h14,17H,5-13,15-16H2,1-4H3,(H,25,30). The molecule has 2 fully saturated rings. The predicted molar refractivity (Wildman–Crippen MR) is 122 cm³/mol. The monoisotopic (exact) mass is 427 g/mol. The topological polar surface area (TPSA) is 72.3 Å². The number of carbonyl (C=O) groups excluding carboxylic acids is 1. The van der Waals surface area contributed by atoms with Crippen LogP contribution in [0, 0.1) is 19.3 Å². The van der Waals surface area contributed by atoms with Crippen LogP contribution in [0.25, 0.3) is 11.0 Å². The lowest BCUT2D eigenvalue weighted by Crippen LogP contribution is -2.49. The van der Waals surface area contributed by atoms with Gasteiger partial charge in [-0.2, -0.15) is 5.10 Å². The molecule has 4 rings (SSSR count). The highest BCUT2D eigenvalue weighted by Crippen LogP contribution is 2.32. The first kappa shape index (κ1) is 22.2. The Morgan fingerprint density at radius 2 is 1.90 bits per heavy atom. The molecule has 1 N–H and O–H groups in total. The van der Waals surface area contributed by atoms with Crippen molar-refractivity contribution in [3.8, 4) is 0 Å². The largest absolute Gasteiger partial charge is 0.381 e. The fraction of sp³-hybridized carbons (Fsp3) is 0.708. The van der Waals surface area contributed by atoms with Crippen molar-refractivity contribution in [1.29, 1.82) is 0 Å². The van der Waals surface area contributed by atoms with E-state index < -0.39 is 0 Å². The number of hydrogen-bond acceptors (Lipinski definition) is 5. The highest BCUT2D eigenvalue weighted by atomic mass is 16.5. The van der Waals surface area contributed by atoms with Gasteiger partial charge in [-0.1, -0.05) is 6.42 Å². The van der Waals surface area contributed by atoms with Crippen LogP contribution in [-0.4, -0.2) is 65.0 Å². The molecule has 2 aliphatic rings. The summed E-state index contributed by atoms with van der Waals surface area (Å²) in [5.74, 6) is -0.0218. The van der Waals surface area contributed by atoms with Crippen LogP contribution < -0.4 is 5.32 Å². The molecule has 7 nitrogen and oxygen atoms in total. The Kier molecular flexibility index (Phi) is 6.63. The first-order chi connectivity index (χ1) is 14.9. The third-order valence-corrected chi connectivity index (χ3v) is 6.88. The van der Waals surface area contributed by atoms with E-state index in [4.69, 9.17) is 9.72 Å². The maximum absolute atomic E-state index is 13.4. The molecule has 0 spiro atoms. The molecule has 0 radical (unpaired) electrons. The summed E-state index contributed by atoms with van der Waals surface area (Å²) >= 11 is 0. The molecule has 2 aromatic rings. The molecule has 0 atom stereocenters. The minimum Gasteiger partial charge on any atom is -0.381 e. The van der Waals surface area contributed by atoms with Gasteiger partial charge >= 0.3 is 0 Å². The van der Waals surface area contributed by atoms with Gasteiger partial charge < -0.3 is 15.0 Å². The molecule has 2 saturated heterocycles. The molecular formula is C24H37N5O2. The lowest BCUT2D eigenvalue weighted by atomic mass is 9.79. The molecule has 0 saturated carbocycles. The van der Waals surface area contributed by atoms with Crippen LogP contribution in [0.4, 0.5) is 0 Å². The summed E-state index contributed by atoms with van der Waals surface area (Å²) in [6.45, 7) is 13.7. The van der Waals surface area contributed by atoms with Crippen LogP contribution in [0.1, 0.15) is 73.7 Å². The van der Waals surface area contributed by atoms with Gasteiger partial charge in [0.1, 0.15) is 0 Å². The normalized spacial score (nSPS) is 19.8. The zero-order chi connectivity index (χ0) is 22.0. The van der Waals surface area contributed by atoms with E-state index in [-0.39, 0.29) is 17.4 Å². The number of pyridine rings is 1. The molecule has 4 heterocycles. The van der Waals surface area contributed by atoms with Gasteiger partial charge in [0.25, 0.3) is 5.91 Å². The van der Waals surface area contributed by atoms with Gasteiger partial charge in [0.05, 0.1) is 16.6 Å². The van der Waals surface area contributed by atoms with Crippen molar-refractivity contribution < 1.29 is 9.53 Å². The van der Waals surface area contributed by atoms with E-state index in [0.29, 0.717) is 12.1 Å². The Labute approximate surface area is 185 Å². The summed E-state index contributed by atoms with van der Waals surface area (Å²) in [5, 5.41) is 8.83. The number of amides is 1. The Hall–Kier alpha value is -1.99. The van der Waals surface area contributed by atoms with Gasteiger partial charge in [-0.05, 0) is 72.5 Å². The van der Waals surface area contributed by atoms with E-state index in [1.165, 1.54) is 32.4 Å². The van der Waals surface area contributed by atoms with Gasteiger partial charge in [-0.25, -0.2) is 9.67 Å².